The van der Waals surface area contributed by atoms with Gasteiger partial charge >= 0.3 is 0 Å². The Hall–Kier alpha value is -1.46. The van der Waals surface area contributed by atoms with Gasteiger partial charge in [0.05, 0.1) is 12.8 Å². The second-order valence-corrected chi connectivity index (χ2v) is 6.41. The van der Waals surface area contributed by atoms with Crippen LogP contribution in [0.3, 0.4) is 0 Å². The van der Waals surface area contributed by atoms with E-state index in [-0.39, 0.29) is 11.9 Å². The molecule has 0 aliphatic heterocycles. The van der Waals surface area contributed by atoms with E-state index in [2.05, 4.69) is 10.6 Å². The Labute approximate surface area is 142 Å². The summed E-state index contributed by atoms with van der Waals surface area (Å²) in [6.07, 6.45) is 4.93. The molecule has 1 aliphatic carbocycles. The molecule has 0 heterocycles. The second-order valence-electron chi connectivity index (χ2n) is 5.98. The lowest BCUT2D eigenvalue weighted by molar-refractivity contribution is -0.122. The number of amides is 1. The lowest BCUT2D eigenvalue weighted by Gasteiger charge is -2.31. The van der Waals surface area contributed by atoms with Gasteiger partial charge in [-0.05, 0) is 43.5 Å². The third-order valence-corrected chi connectivity index (χ3v) is 4.62. The maximum atomic E-state index is 12.1. The van der Waals surface area contributed by atoms with Crippen molar-refractivity contribution in [2.24, 2.45) is 11.7 Å². The van der Waals surface area contributed by atoms with Crippen molar-refractivity contribution in [1.82, 2.24) is 5.32 Å². The van der Waals surface area contributed by atoms with Crippen LogP contribution in [0, 0.1) is 5.92 Å². The van der Waals surface area contributed by atoms with Crippen LogP contribution in [-0.4, -0.2) is 32.1 Å². The summed E-state index contributed by atoms with van der Waals surface area (Å²) < 4.78 is 5.27. The fraction of sp³-hybridized carbons (Fsp3) is 0.588. The summed E-state index contributed by atoms with van der Waals surface area (Å²) in [5.41, 5.74) is 6.60. The average Bonchev–Trinajstić information content (AvgIpc) is 2.55. The molecule has 5 nitrogen and oxygen atoms in total. The number of nitrogens with one attached hydrogen (secondary N) is 2. The van der Waals surface area contributed by atoms with Crippen molar-refractivity contribution in [3.63, 3.8) is 0 Å². The van der Waals surface area contributed by atoms with Gasteiger partial charge in [0.1, 0.15) is 5.75 Å². The monoisotopic (exact) mass is 339 g/mol. The van der Waals surface area contributed by atoms with Crippen molar-refractivity contribution in [1.29, 1.82) is 0 Å². The van der Waals surface area contributed by atoms with Crippen LogP contribution in [0.1, 0.15) is 32.1 Å². The second kappa shape index (κ2) is 8.99. The standard InChI is InChI=1S/C17H26ClN3O2/c1-23-16-7-6-13(18)10-15(16)20-9-8-17(22)21-14-5-3-2-4-12(14)11-19/h6-7,10,12,14,20H,2-5,8-9,11,19H2,1H3,(H,21,22). The number of rotatable bonds is 7. The minimum atomic E-state index is 0.0591. The fourth-order valence-corrected chi connectivity index (χ4v) is 3.26. The highest BCUT2D eigenvalue weighted by molar-refractivity contribution is 6.30. The summed E-state index contributed by atoms with van der Waals surface area (Å²) in [5.74, 6) is 1.18. The number of benzene rings is 1. The van der Waals surface area contributed by atoms with Gasteiger partial charge in [0.2, 0.25) is 5.91 Å². The predicted molar refractivity (Wildman–Crippen MR) is 94.1 cm³/mol. The summed E-state index contributed by atoms with van der Waals surface area (Å²) in [6.45, 7) is 1.17. The normalized spacial score (nSPS) is 20.8. The molecule has 0 radical (unpaired) electrons. The molecule has 6 heteroatoms. The Morgan fingerprint density at radius 2 is 2.17 bits per heavy atom. The van der Waals surface area contributed by atoms with Gasteiger partial charge in [-0.25, -0.2) is 0 Å². The Morgan fingerprint density at radius 1 is 1.39 bits per heavy atom. The van der Waals surface area contributed by atoms with Crippen LogP contribution in [0.15, 0.2) is 18.2 Å². The van der Waals surface area contributed by atoms with Crippen molar-refractivity contribution in [3.8, 4) is 5.75 Å². The van der Waals surface area contributed by atoms with Gasteiger partial charge in [0, 0.05) is 24.0 Å². The molecule has 1 aliphatic rings. The minimum Gasteiger partial charge on any atom is -0.495 e. The summed E-state index contributed by atoms with van der Waals surface area (Å²) in [7, 11) is 1.61. The summed E-state index contributed by atoms with van der Waals surface area (Å²) >= 11 is 5.99. The molecule has 0 bridgehead atoms. The number of hydrogen-bond donors (Lipinski definition) is 3. The molecule has 1 fully saturated rings. The molecule has 4 N–H and O–H groups in total. The van der Waals surface area contributed by atoms with E-state index < -0.39 is 0 Å². The largest absolute Gasteiger partial charge is 0.495 e. The predicted octanol–water partition coefficient (Wildman–Crippen LogP) is 2.78. The van der Waals surface area contributed by atoms with Gasteiger partial charge in [-0.2, -0.15) is 0 Å². The third-order valence-electron chi connectivity index (χ3n) is 4.39. The molecular formula is C17H26ClN3O2. The van der Waals surface area contributed by atoms with Gasteiger partial charge in [-0.3, -0.25) is 4.79 Å². The van der Waals surface area contributed by atoms with Crippen LogP contribution in [0.2, 0.25) is 5.02 Å². The van der Waals surface area contributed by atoms with E-state index in [0.717, 1.165) is 18.5 Å². The third kappa shape index (κ3) is 5.29. The van der Waals surface area contributed by atoms with Crippen molar-refractivity contribution in [3.05, 3.63) is 23.2 Å². The highest BCUT2D eigenvalue weighted by Crippen LogP contribution is 2.27. The van der Waals surface area contributed by atoms with E-state index in [4.69, 9.17) is 22.1 Å². The zero-order valence-electron chi connectivity index (χ0n) is 13.6. The SMILES string of the molecule is COc1ccc(Cl)cc1NCCC(=O)NC1CCCCC1CN. The smallest absolute Gasteiger partial charge is 0.221 e. The van der Waals surface area contributed by atoms with E-state index in [1.54, 1.807) is 25.3 Å². The lowest BCUT2D eigenvalue weighted by Crippen LogP contribution is -2.45. The van der Waals surface area contributed by atoms with Crippen LogP contribution >= 0.6 is 11.6 Å². The first-order valence-electron chi connectivity index (χ1n) is 8.21. The van der Waals surface area contributed by atoms with Gasteiger partial charge in [0.15, 0.2) is 0 Å². The highest BCUT2D eigenvalue weighted by atomic mass is 35.5. The molecule has 2 rings (SSSR count). The molecule has 23 heavy (non-hydrogen) atoms. The molecular weight excluding hydrogens is 314 g/mol. The molecule has 1 saturated carbocycles. The minimum absolute atomic E-state index is 0.0591. The first-order valence-corrected chi connectivity index (χ1v) is 8.58. The first kappa shape index (κ1) is 17.9. The van der Waals surface area contributed by atoms with Crippen LogP contribution in [0.5, 0.6) is 5.75 Å². The quantitative estimate of drug-likeness (QED) is 0.714. The Morgan fingerprint density at radius 3 is 2.91 bits per heavy atom. The molecule has 0 saturated heterocycles. The van der Waals surface area contributed by atoms with E-state index in [9.17, 15) is 4.79 Å². The summed E-state index contributed by atoms with van der Waals surface area (Å²) in [5, 5.41) is 6.96. The number of methoxy groups -OCH3 is 1. The highest BCUT2D eigenvalue weighted by Gasteiger charge is 2.24. The Kier molecular flexibility index (Phi) is 6.99. The topological polar surface area (TPSA) is 76.4 Å². The van der Waals surface area contributed by atoms with Gasteiger partial charge in [0.25, 0.3) is 0 Å². The van der Waals surface area contributed by atoms with Crippen LogP contribution in [-0.2, 0) is 4.79 Å². The average molecular weight is 340 g/mol. The number of carbonyl (C=O) groups is 1. The fourth-order valence-electron chi connectivity index (χ4n) is 3.09. The number of ether oxygens (including phenoxy) is 1. The maximum absolute atomic E-state index is 12.1. The van der Waals surface area contributed by atoms with Gasteiger partial charge in [-0.15, -0.1) is 0 Å². The van der Waals surface area contributed by atoms with Crippen molar-refractivity contribution in [2.45, 2.75) is 38.1 Å². The van der Waals surface area contributed by atoms with Crippen molar-refractivity contribution in [2.75, 3.05) is 25.5 Å². The number of anilines is 1. The molecule has 2 unspecified atom stereocenters. The van der Waals surface area contributed by atoms with E-state index in [1.807, 2.05) is 0 Å². The van der Waals surface area contributed by atoms with E-state index in [1.165, 1.54) is 12.8 Å². The molecule has 0 spiro atoms. The molecule has 1 amide bonds. The number of halogens is 1. The van der Waals surface area contributed by atoms with Crippen LogP contribution in [0.25, 0.3) is 0 Å². The zero-order valence-corrected chi connectivity index (χ0v) is 14.4. The summed E-state index contributed by atoms with van der Waals surface area (Å²) in [4.78, 5) is 12.1. The Bertz CT molecular complexity index is 525. The molecule has 2 atom stereocenters. The van der Waals surface area contributed by atoms with Crippen LogP contribution < -0.4 is 21.1 Å². The number of nitrogens with two attached hydrogens (primary N) is 1. The van der Waals surface area contributed by atoms with Crippen LogP contribution in [0.4, 0.5) is 5.69 Å². The van der Waals surface area contributed by atoms with Gasteiger partial charge in [-0.1, -0.05) is 24.4 Å². The number of carbonyl (C=O) groups excluding carboxylic acids is 1. The van der Waals surface area contributed by atoms with Crippen molar-refractivity contribution < 1.29 is 9.53 Å². The zero-order chi connectivity index (χ0) is 16.7. The van der Waals surface area contributed by atoms with E-state index >= 15 is 0 Å². The van der Waals surface area contributed by atoms with Gasteiger partial charge < -0.3 is 21.1 Å². The first-order chi connectivity index (χ1) is 11.1. The molecule has 128 valence electrons. The lowest BCUT2D eigenvalue weighted by atomic mass is 9.84. The van der Waals surface area contributed by atoms with E-state index in [0.29, 0.717) is 36.2 Å². The molecule has 1 aromatic rings. The maximum Gasteiger partial charge on any atom is 0.221 e. The Balaban J connectivity index is 1.79. The summed E-state index contributed by atoms with van der Waals surface area (Å²) in [6, 6.07) is 5.60. The molecule has 1 aromatic carbocycles. The number of hydrogen-bond acceptors (Lipinski definition) is 4. The van der Waals surface area contributed by atoms with Crippen molar-refractivity contribution >= 4 is 23.2 Å². The molecule has 0 aromatic heterocycles.